The second kappa shape index (κ2) is 7.12. The number of fused-ring (bicyclic) bond motifs is 3. The standard InChI is InChI=1S/C23H22N4OS/c1-2-4-19-27-20-21(29-19)17-10-7-14(12-18(17)26-22(20)24)13-5-3-6-15(11-13)23(28)25-16-8-9-16/h3,5-7,10-12,16H,2,4,8-9H2,1H3,(H2,24,26)(H,25,28). The van der Waals surface area contributed by atoms with E-state index in [-0.39, 0.29) is 5.91 Å². The van der Waals surface area contributed by atoms with Crippen LogP contribution in [0.5, 0.6) is 0 Å². The number of nitrogens with zero attached hydrogens (tertiary/aromatic N) is 2. The number of hydrogen-bond donors (Lipinski definition) is 2. The molecule has 0 saturated heterocycles. The Morgan fingerprint density at radius 1 is 1.17 bits per heavy atom. The fourth-order valence-corrected chi connectivity index (χ4v) is 4.76. The fraction of sp³-hybridized carbons (Fsp3) is 0.261. The highest BCUT2D eigenvalue weighted by atomic mass is 32.1. The van der Waals surface area contributed by atoms with Crippen molar-refractivity contribution in [3.63, 3.8) is 0 Å². The topological polar surface area (TPSA) is 80.9 Å². The van der Waals surface area contributed by atoms with Crippen molar-refractivity contribution in [3.8, 4) is 11.1 Å². The predicted octanol–water partition coefficient (Wildman–Crippen LogP) is 4.94. The van der Waals surface area contributed by atoms with Crippen molar-refractivity contribution >= 4 is 44.2 Å². The monoisotopic (exact) mass is 402 g/mol. The molecule has 0 radical (unpaired) electrons. The molecule has 146 valence electrons. The van der Waals surface area contributed by atoms with Crippen molar-refractivity contribution in [1.29, 1.82) is 0 Å². The Kier molecular flexibility index (Phi) is 4.43. The lowest BCUT2D eigenvalue weighted by atomic mass is 10.0. The molecular formula is C23H22N4OS. The maximum atomic E-state index is 12.4. The molecule has 4 aromatic rings. The number of rotatable bonds is 5. The minimum absolute atomic E-state index is 0.00710. The summed E-state index contributed by atoms with van der Waals surface area (Å²) < 4.78 is 1.10. The lowest BCUT2D eigenvalue weighted by Crippen LogP contribution is -2.25. The highest BCUT2D eigenvalue weighted by molar-refractivity contribution is 7.19. The lowest BCUT2D eigenvalue weighted by molar-refractivity contribution is 0.0951. The van der Waals surface area contributed by atoms with Gasteiger partial charge in [-0.3, -0.25) is 4.79 Å². The van der Waals surface area contributed by atoms with Crippen LogP contribution in [-0.4, -0.2) is 21.9 Å². The van der Waals surface area contributed by atoms with E-state index in [0.717, 1.165) is 62.9 Å². The summed E-state index contributed by atoms with van der Waals surface area (Å²) in [6, 6.07) is 14.3. The van der Waals surface area contributed by atoms with Gasteiger partial charge in [0.05, 0.1) is 15.2 Å². The highest BCUT2D eigenvalue weighted by Gasteiger charge is 2.23. The number of amides is 1. The first-order chi connectivity index (χ1) is 14.1. The third-order valence-corrected chi connectivity index (χ3v) is 6.38. The summed E-state index contributed by atoms with van der Waals surface area (Å²) in [5.74, 6) is 0.466. The van der Waals surface area contributed by atoms with Gasteiger partial charge in [-0.1, -0.05) is 31.2 Å². The van der Waals surface area contributed by atoms with Crippen LogP contribution in [-0.2, 0) is 6.42 Å². The van der Waals surface area contributed by atoms with E-state index in [1.807, 2.05) is 30.3 Å². The van der Waals surface area contributed by atoms with Crippen LogP contribution in [0.15, 0.2) is 42.5 Å². The van der Waals surface area contributed by atoms with Gasteiger partial charge < -0.3 is 11.1 Å². The second-order valence-electron chi connectivity index (χ2n) is 7.59. The summed E-state index contributed by atoms with van der Waals surface area (Å²) in [6.07, 6.45) is 4.17. The Labute approximate surface area is 173 Å². The Bertz CT molecular complexity index is 1240. The molecule has 0 atom stereocenters. The van der Waals surface area contributed by atoms with Crippen LogP contribution >= 0.6 is 11.3 Å². The molecule has 0 bridgehead atoms. The summed E-state index contributed by atoms with van der Waals surface area (Å²) >= 11 is 1.70. The van der Waals surface area contributed by atoms with Crippen LogP contribution in [0.2, 0.25) is 0 Å². The molecule has 1 saturated carbocycles. The summed E-state index contributed by atoms with van der Waals surface area (Å²) in [4.78, 5) is 21.7. The molecule has 1 aliphatic carbocycles. The first-order valence-electron chi connectivity index (χ1n) is 10.0. The predicted molar refractivity (Wildman–Crippen MR) is 119 cm³/mol. The number of nitrogens with one attached hydrogen (secondary N) is 1. The smallest absolute Gasteiger partial charge is 0.251 e. The van der Waals surface area contributed by atoms with Crippen LogP contribution < -0.4 is 11.1 Å². The van der Waals surface area contributed by atoms with Crippen molar-refractivity contribution in [2.45, 2.75) is 38.6 Å². The van der Waals surface area contributed by atoms with Gasteiger partial charge >= 0.3 is 0 Å². The third-order valence-electron chi connectivity index (χ3n) is 5.23. The molecular weight excluding hydrogens is 380 g/mol. The molecule has 2 heterocycles. The van der Waals surface area contributed by atoms with E-state index in [0.29, 0.717) is 17.4 Å². The molecule has 1 fully saturated rings. The van der Waals surface area contributed by atoms with Gasteiger partial charge in [0.2, 0.25) is 0 Å². The van der Waals surface area contributed by atoms with Gasteiger partial charge in [-0.05, 0) is 55.0 Å². The first kappa shape index (κ1) is 18.1. The summed E-state index contributed by atoms with van der Waals surface area (Å²) in [7, 11) is 0. The van der Waals surface area contributed by atoms with E-state index in [1.54, 1.807) is 11.3 Å². The molecule has 5 nitrogen and oxygen atoms in total. The zero-order valence-electron chi connectivity index (χ0n) is 16.2. The van der Waals surface area contributed by atoms with Crippen LogP contribution in [0.4, 0.5) is 5.82 Å². The molecule has 29 heavy (non-hydrogen) atoms. The Morgan fingerprint density at radius 3 is 2.79 bits per heavy atom. The fourth-order valence-electron chi connectivity index (χ4n) is 3.56. The quantitative estimate of drug-likeness (QED) is 0.495. The number of carbonyl (C=O) groups is 1. The number of benzene rings is 2. The van der Waals surface area contributed by atoms with Crippen LogP contribution in [0.25, 0.3) is 32.2 Å². The minimum atomic E-state index is -0.00710. The van der Waals surface area contributed by atoms with E-state index in [4.69, 9.17) is 5.73 Å². The molecule has 0 aliphatic heterocycles. The SMILES string of the molecule is CCCc1nc2c(N)nc3cc(-c4cccc(C(=O)NC5CC5)c4)ccc3c2s1. The number of anilines is 1. The van der Waals surface area contributed by atoms with Crippen molar-refractivity contribution in [3.05, 3.63) is 53.0 Å². The average Bonchev–Trinajstić information content (AvgIpc) is 3.44. The first-order valence-corrected chi connectivity index (χ1v) is 10.8. The number of hydrogen-bond acceptors (Lipinski definition) is 5. The van der Waals surface area contributed by atoms with Gasteiger partial charge in [0.25, 0.3) is 5.91 Å². The van der Waals surface area contributed by atoms with Crippen molar-refractivity contribution in [2.24, 2.45) is 0 Å². The number of carbonyl (C=O) groups excluding carboxylic acids is 1. The molecule has 0 spiro atoms. The zero-order chi connectivity index (χ0) is 20.0. The normalized spacial score (nSPS) is 13.8. The third kappa shape index (κ3) is 3.44. The van der Waals surface area contributed by atoms with Crippen molar-refractivity contribution in [2.75, 3.05) is 5.73 Å². The molecule has 0 unspecified atom stereocenters. The number of pyridine rings is 1. The maximum Gasteiger partial charge on any atom is 0.251 e. The minimum Gasteiger partial charge on any atom is -0.382 e. The molecule has 1 amide bonds. The lowest BCUT2D eigenvalue weighted by Gasteiger charge is -2.08. The van der Waals surface area contributed by atoms with E-state index in [9.17, 15) is 4.79 Å². The van der Waals surface area contributed by atoms with E-state index in [1.165, 1.54) is 0 Å². The van der Waals surface area contributed by atoms with Crippen LogP contribution in [0.3, 0.4) is 0 Å². The largest absolute Gasteiger partial charge is 0.382 e. The maximum absolute atomic E-state index is 12.4. The Hall–Kier alpha value is -2.99. The second-order valence-corrected chi connectivity index (χ2v) is 8.68. The van der Waals surface area contributed by atoms with Crippen LogP contribution in [0, 0.1) is 0 Å². The van der Waals surface area contributed by atoms with Gasteiger partial charge in [0.1, 0.15) is 5.52 Å². The zero-order valence-corrected chi connectivity index (χ0v) is 17.1. The molecule has 3 N–H and O–H groups in total. The summed E-state index contributed by atoms with van der Waals surface area (Å²) in [6.45, 7) is 2.15. The van der Waals surface area contributed by atoms with Crippen molar-refractivity contribution < 1.29 is 4.79 Å². The van der Waals surface area contributed by atoms with Gasteiger partial charge in [-0.2, -0.15) is 0 Å². The number of aryl methyl sites for hydroxylation is 1. The number of aromatic nitrogens is 2. The molecule has 2 aromatic carbocycles. The molecule has 5 rings (SSSR count). The van der Waals surface area contributed by atoms with Gasteiger partial charge in [-0.15, -0.1) is 11.3 Å². The Morgan fingerprint density at radius 2 is 2.00 bits per heavy atom. The number of thiazole rings is 1. The van der Waals surface area contributed by atoms with Gasteiger partial charge in [0.15, 0.2) is 5.82 Å². The summed E-state index contributed by atoms with van der Waals surface area (Å²) in [5.41, 5.74) is 10.6. The van der Waals surface area contributed by atoms with Gasteiger partial charge in [-0.25, -0.2) is 9.97 Å². The van der Waals surface area contributed by atoms with E-state index in [2.05, 4.69) is 34.3 Å². The number of nitrogens with two attached hydrogens (primary N) is 1. The van der Waals surface area contributed by atoms with E-state index >= 15 is 0 Å². The highest BCUT2D eigenvalue weighted by Crippen LogP contribution is 2.35. The average molecular weight is 403 g/mol. The van der Waals surface area contributed by atoms with Crippen molar-refractivity contribution in [1.82, 2.24) is 15.3 Å². The Balaban J connectivity index is 1.56. The summed E-state index contributed by atoms with van der Waals surface area (Å²) in [5, 5.41) is 5.21. The molecule has 1 aliphatic rings. The molecule has 6 heteroatoms. The molecule has 2 aromatic heterocycles. The van der Waals surface area contributed by atoms with Crippen LogP contribution in [0.1, 0.15) is 41.6 Å². The van der Waals surface area contributed by atoms with Gasteiger partial charge in [0, 0.05) is 17.0 Å². The number of nitrogen functional groups attached to an aromatic ring is 1. The van der Waals surface area contributed by atoms with E-state index < -0.39 is 0 Å².